The summed E-state index contributed by atoms with van der Waals surface area (Å²) in [6.07, 6.45) is 4.92. The van der Waals surface area contributed by atoms with Gasteiger partial charge in [-0.15, -0.1) is 0 Å². The molecule has 16 heavy (non-hydrogen) atoms. The van der Waals surface area contributed by atoms with Gasteiger partial charge in [0, 0.05) is 18.4 Å². The number of carbonyl (C=O) groups excluding carboxylic acids is 1. The molecule has 0 aromatic carbocycles. The van der Waals surface area contributed by atoms with Gasteiger partial charge in [-0.25, -0.2) is 0 Å². The van der Waals surface area contributed by atoms with Gasteiger partial charge in [0.2, 0.25) is 0 Å². The molecule has 2 nitrogen and oxygen atoms in total. The average molecular weight is 225 g/mol. The van der Waals surface area contributed by atoms with E-state index in [2.05, 4.69) is 27.7 Å². The van der Waals surface area contributed by atoms with Gasteiger partial charge in [0.25, 0.3) is 0 Å². The zero-order chi connectivity index (χ0) is 12.3. The lowest BCUT2D eigenvalue weighted by Gasteiger charge is -2.23. The third-order valence-electron chi connectivity index (χ3n) is 3.45. The van der Waals surface area contributed by atoms with Gasteiger partial charge >= 0.3 is 0 Å². The first-order valence-corrected chi connectivity index (χ1v) is 6.56. The highest BCUT2D eigenvalue weighted by molar-refractivity contribution is 5.83. The lowest BCUT2D eigenvalue weighted by atomic mass is 9.85. The molecule has 0 bridgehead atoms. The predicted octanol–water partition coefficient (Wildman–Crippen LogP) is 3.15. The number of carbonyl (C=O) groups is 1. The van der Waals surface area contributed by atoms with Crippen LogP contribution < -0.4 is 5.73 Å². The monoisotopic (exact) mass is 225 g/mol. The zero-order valence-electron chi connectivity index (χ0n) is 11.3. The highest BCUT2D eigenvalue weighted by Crippen LogP contribution is 2.31. The van der Waals surface area contributed by atoms with E-state index in [1.807, 2.05) is 0 Å². The molecule has 3 unspecified atom stereocenters. The maximum atomic E-state index is 11.6. The maximum Gasteiger partial charge on any atom is 0.136 e. The summed E-state index contributed by atoms with van der Waals surface area (Å²) in [6.45, 7) is 8.83. The predicted molar refractivity (Wildman–Crippen MR) is 68.2 cm³/mol. The summed E-state index contributed by atoms with van der Waals surface area (Å²) >= 11 is 0. The van der Waals surface area contributed by atoms with Crippen molar-refractivity contribution in [1.29, 1.82) is 0 Å². The van der Waals surface area contributed by atoms with Gasteiger partial charge in [-0.2, -0.15) is 0 Å². The average Bonchev–Trinajstić information content (AvgIpc) is 2.38. The van der Waals surface area contributed by atoms with Crippen LogP contribution in [0.25, 0.3) is 0 Å². The van der Waals surface area contributed by atoms with Crippen molar-refractivity contribution >= 4 is 5.78 Å². The van der Waals surface area contributed by atoms with E-state index in [4.69, 9.17) is 5.73 Å². The van der Waals surface area contributed by atoms with Gasteiger partial charge in [0.15, 0.2) is 0 Å². The normalized spacial score (nSPS) is 28.4. The Morgan fingerprint density at radius 2 is 2.06 bits per heavy atom. The lowest BCUT2D eigenvalue weighted by molar-refractivity contribution is -0.120. The van der Waals surface area contributed by atoms with E-state index in [1.54, 1.807) is 0 Å². The molecule has 0 aliphatic heterocycles. The van der Waals surface area contributed by atoms with E-state index < -0.39 is 0 Å². The Kier molecular flexibility index (Phi) is 4.54. The van der Waals surface area contributed by atoms with Crippen LogP contribution in [0, 0.1) is 17.3 Å². The molecule has 2 heteroatoms. The van der Waals surface area contributed by atoms with E-state index in [0.29, 0.717) is 23.0 Å². The van der Waals surface area contributed by atoms with Crippen molar-refractivity contribution in [1.82, 2.24) is 0 Å². The van der Waals surface area contributed by atoms with E-state index in [9.17, 15) is 4.79 Å². The first-order chi connectivity index (χ1) is 7.28. The minimum absolute atomic E-state index is 0.253. The minimum Gasteiger partial charge on any atom is -0.328 e. The Hall–Kier alpha value is -0.370. The van der Waals surface area contributed by atoms with Crippen molar-refractivity contribution < 1.29 is 4.79 Å². The summed E-state index contributed by atoms with van der Waals surface area (Å²) in [5, 5.41) is 0. The highest BCUT2D eigenvalue weighted by atomic mass is 16.1. The summed E-state index contributed by atoms with van der Waals surface area (Å²) in [7, 11) is 0. The van der Waals surface area contributed by atoms with Crippen molar-refractivity contribution in [3.8, 4) is 0 Å². The zero-order valence-corrected chi connectivity index (χ0v) is 11.3. The standard InChI is InChI=1S/C14H27NO/c1-10-7-11(13(16)8-10)5-6-12(15)9-14(2,3)4/h10-12H,5-9,15H2,1-4H3. The summed E-state index contributed by atoms with van der Waals surface area (Å²) in [4.78, 5) is 11.6. The van der Waals surface area contributed by atoms with Crippen LogP contribution in [0.4, 0.5) is 0 Å². The molecule has 1 aliphatic rings. The van der Waals surface area contributed by atoms with Crippen LogP contribution in [0.2, 0.25) is 0 Å². The second kappa shape index (κ2) is 5.31. The molecular formula is C14H27NO. The van der Waals surface area contributed by atoms with Crippen molar-refractivity contribution in [3.05, 3.63) is 0 Å². The van der Waals surface area contributed by atoms with E-state index in [0.717, 1.165) is 32.1 Å². The third kappa shape index (κ3) is 4.65. The molecule has 0 radical (unpaired) electrons. The van der Waals surface area contributed by atoms with Gasteiger partial charge < -0.3 is 5.73 Å². The summed E-state index contributed by atoms with van der Waals surface area (Å²) < 4.78 is 0. The second-order valence-corrected chi connectivity index (χ2v) is 6.81. The fourth-order valence-corrected chi connectivity index (χ4v) is 2.79. The molecule has 0 heterocycles. The van der Waals surface area contributed by atoms with Gasteiger partial charge in [-0.05, 0) is 37.0 Å². The van der Waals surface area contributed by atoms with Crippen molar-refractivity contribution in [2.45, 2.75) is 65.8 Å². The Labute approximate surface area is 100.0 Å². The van der Waals surface area contributed by atoms with Gasteiger partial charge in [0.05, 0.1) is 0 Å². The molecule has 1 rings (SSSR count). The van der Waals surface area contributed by atoms with Crippen LogP contribution in [0.1, 0.15) is 59.8 Å². The Morgan fingerprint density at radius 1 is 1.44 bits per heavy atom. The number of Topliss-reactive ketones (excluding diaryl/α,β-unsaturated/α-hetero) is 1. The van der Waals surface area contributed by atoms with E-state index in [1.165, 1.54) is 0 Å². The number of hydrogen-bond donors (Lipinski definition) is 1. The van der Waals surface area contributed by atoms with E-state index in [-0.39, 0.29) is 6.04 Å². The molecule has 0 spiro atoms. The first kappa shape index (κ1) is 13.7. The SMILES string of the molecule is CC1CC(=O)C(CCC(N)CC(C)(C)C)C1. The second-order valence-electron chi connectivity index (χ2n) is 6.81. The van der Waals surface area contributed by atoms with Crippen LogP contribution in [-0.4, -0.2) is 11.8 Å². The summed E-state index contributed by atoms with van der Waals surface area (Å²) in [6, 6.07) is 0.253. The summed E-state index contributed by atoms with van der Waals surface area (Å²) in [5.74, 6) is 1.37. The molecule has 94 valence electrons. The molecule has 3 atom stereocenters. The van der Waals surface area contributed by atoms with E-state index >= 15 is 0 Å². The van der Waals surface area contributed by atoms with Crippen LogP contribution in [0.3, 0.4) is 0 Å². The number of hydrogen-bond acceptors (Lipinski definition) is 2. The van der Waals surface area contributed by atoms with Crippen molar-refractivity contribution in [3.63, 3.8) is 0 Å². The number of rotatable bonds is 4. The quantitative estimate of drug-likeness (QED) is 0.798. The molecule has 0 aromatic heterocycles. The van der Waals surface area contributed by atoms with Crippen LogP contribution in [0.15, 0.2) is 0 Å². The fourth-order valence-electron chi connectivity index (χ4n) is 2.79. The Bertz CT molecular complexity index is 242. The molecular weight excluding hydrogens is 198 g/mol. The van der Waals surface area contributed by atoms with Gasteiger partial charge in [-0.3, -0.25) is 4.79 Å². The topological polar surface area (TPSA) is 43.1 Å². The van der Waals surface area contributed by atoms with Crippen LogP contribution in [0.5, 0.6) is 0 Å². The molecule has 2 N–H and O–H groups in total. The molecule has 0 saturated heterocycles. The molecule has 0 amide bonds. The van der Waals surface area contributed by atoms with Crippen LogP contribution >= 0.6 is 0 Å². The van der Waals surface area contributed by atoms with Gasteiger partial charge in [-0.1, -0.05) is 27.7 Å². The van der Waals surface area contributed by atoms with Gasteiger partial charge in [0.1, 0.15) is 5.78 Å². The molecule has 1 fully saturated rings. The smallest absolute Gasteiger partial charge is 0.136 e. The number of ketones is 1. The third-order valence-corrected chi connectivity index (χ3v) is 3.45. The lowest BCUT2D eigenvalue weighted by Crippen LogP contribution is -2.27. The minimum atomic E-state index is 0.253. The Morgan fingerprint density at radius 3 is 2.50 bits per heavy atom. The molecule has 0 aromatic rings. The number of nitrogens with two attached hydrogens (primary N) is 1. The van der Waals surface area contributed by atoms with Crippen molar-refractivity contribution in [2.75, 3.05) is 0 Å². The molecule has 1 aliphatic carbocycles. The Balaban J connectivity index is 2.27. The summed E-state index contributed by atoms with van der Waals surface area (Å²) in [5.41, 5.74) is 6.40. The van der Waals surface area contributed by atoms with Crippen LogP contribution in [-0.2, 0) is 4.79 Å². The fraction of sp³-hybridized carbons (Fsp3) is 0.929. The largest absolute Gasteiger partial charge is 0.328 e. The first-order valence-electron chi connectivity index (χ1n) is 6.56. The van der Waals surface area contributed by atoms with Crippen molar-refractivity contribution in [2.24, 2.45) is 23.0 Å². The highest BCUT2D eigenvalue weighted by Gasteiger charge is 2.29. The maximum absolute atomic E-state index is 11.6. The molecule has 1 saturated carbocycles.